The second-order valence-electron chi connectivity index (χ2n) is 11.7. The number of nitrogens with two attached hydrogens (primary N) is 1. The van der Waals surface area contributed by atoms with Crippen molar-refractivity contribution in [2.45, 2.75) is 45.1 Å². The summed E-state index contributed by atoms with van der Waals surface area (Å²) < 4.78 is 0. The van der Waals surface area contributed by atoms with E-state index in [2.05, 4.69) is 45.5 Å². The van der Waals surface area contributed by atoms with Crippen molar-refractivity contribution in [3.8, 4) is 22.6 Å². The van der Waals surface area contributed by atoms with Crippen molar-refractivity contribution in [3.63, 3.8) is 0 Å². The number of fused-ring (bicyclic) bond motifs is 2. The number of amides is 1. The van der Waals surface area contributed by atoms with Crippen LogP contribution in [0.5, 0.6) is 0 Å². The normalized spacial score (nSPS) is 18.7. The number of pyridine rings is 2. The first-order valence-electron chi connectivity index (χ1n) is 13.9. The summed E-state index contributed by atoms with van der Waals surface area (Å²) in [6, 6.07) is 11.5. The van der Waals surface area contributed by atoms with Gasteiger partial charge in [0.05, 0.1) is 11.7 Å². The van der Waals surface area contributed by atoms with E-state index in [1.807, 2.05) is 30.6 Å². The molecule has 0 radical (unpaired) electrons. The van der Waals surface area contributed by atoms with Gasteiger partial charge in [0.25, 0.3) is 0 Å². The van der Waals surface area contributed by atoms with Crippen molar-refractivity contribution >= 4 is 33.7 Å². The lowest BCUT2D eigenvalue weighted by atomic mass is 9.80. The summed E-state index contributed by atoms with van der Waals surface area (Å²) in [5, 5.41) is 9.41. The largest absolute Gasteiger partial charge is 0.366 e. The molecule has 2 fully saturated rings. The summed E-state index contributed by atoms with van der Waals surface area (Å²) in [7, 11) is 0. The lowest BCUT2D eigenvalue weighted by Gasteiger charge is -2.40. The number of benzene rings is 1. The Kier molecular flexibility index (Phi) is 5.78. The van der Waals surface area contributed by atoms with E-state index in [9.17, 15) is 4.79 Å². The molecule has 9 nitrogen and oxygen atoms in total. The van der Waals surface area contributed by atoms with Crippen molar-refractivity contribution in [3.05, 3.63) is 66.1 Å². The van der Waals surface area contributed by atoms with Gasteiger partial charge in [-0.25, -0.2) is 15.0 Å². The van der Waals surface area contributed by atoms with Gasteiger partial charge >= 0.3 is 0 Å². The summed E-state index contributed by atoms with van der Waals surface area (Å²) in [4.78, 5) is 34.3. The van der Waals surface area contributed by atoms with E-state index in [4.69, 9.17) is 15.7 Å². The highest BCUT2D eigenvalue weighted by Crippen LogP contribution is 2.45. The van der Waals surface area contributed by atoms with Crippen molar-refractivity contribution in [1.29, 1.82) is 0 Å². The first-order chi connectivity index (χ1) is 19.4. The molecule has 0 spiro atoms. The van der Waals surface area contributed by atoms with Gasteiger partial charge in [0.2, 0.25) is 5.91 Å². The van der Waals surface area contributed by atoms with Crippen LogP contribution >= 0.6 is 0 Å². The van der Waals surface area contributed by atoms with Crippen LogP contribution in [0.4, 0.5) is 5.82 Å². The molecule has 1 aliphatic heterocycles. The van der Waals surface area contributed by atoms with Gasteiger partial charge in [-0.05, 0) is 72.5 Å². The van der Waals surface area contributed by atoms with Crippen molar-refractivity contribution in [2.24, 2.45) is 11.1 Å². The molecule has 202 valence electrons. The molecule has 1 saturated heterocycles. The molecule has 1 amide bonds. The highest BCUT2D eigenvalue weighted by molar-refractivity contribution is 5.98. The lowest BCUT2D eigenvalue weighted by molar-refractivity contribution is 0.100. The number of nitrogens with one attached hydrogen (secondary N) is 3. The second-order valence-corrected chi connectivity index (χ2v) is 11.7. The summed E-state index contributed by atoms with van der Waals surface area (Å²) in [6.07, 6.45) is 9.01. The number of H-pyrrole nitrogens is 1. The fourth-order valence-electron chi connectivity index (χ4n) is 5.83. The SMILES string of the molecule is CC1(C)CNCCC1Nc1nc(-c2ccnc3[nH]c(-c4ccc(C(N)=O)cc4)cc23)nc2cncc(C3CC3)c12. The van der Waals surface area contributed by atoms with Gasteiger partial charge in [0, 0.05) is 52.6 Å². The summed E-state index contributed by atoms with van der Waals surface area (Å²) in [5.41, 5.74) is 11.5. The standard InChI is InChI=1S/C31H32N8O/c1-31(2)16-33-11-10-25(31)38-30-26-22(17-3-4-17)14-34-15-24(26)37-29(39-30)20-9-12-35-28-21(20)13-23(36-28)18-5-7-19(8-6-18)27(32)40/h5-9,12-15,17,25,33H,3-4,10-11,16H2,1-2H3,(H2,32,40)(H,35,36)(H,37,38,39). The number of aromatic amines is 1. The summed E-state index contributed by atoms with van der Waals surface area (Å²) in [5.74, 6) is 1.59. The molecule has 1 aliphatic carbocycles. The molecule has 1 unspecified atom stereocenters. The number of carbonyl (C=O) groups excluding carboxylic acids is 1. The molecule has 5 aromatic rings. The Balaban J connectivity index is 1.36. The minimum absolute atomic E-state index is 0.0754. The Labute approximate surface area is 232 Å². The van der Waals surface area contributed by atoms with Crippen molar-refractivity contribution < 1.29 is 4.79 Å². The van der Waals surface area contributed by atoms with Gasteiger partial charge in [-0.3, -0.25) is 9.78 Å². The van der Waals surface area contributed by atoms with Gasteiger partial charge < -0.3 is 21.4 Å². The predicted octanol–water partition coefficient (Wildman–Crippen LogP) is 5.01. The molecule has 0 bridgehead atoms. The van der Waals surface area contributed by atoms with Crippen LogP contribution in [0.25, 0.3) is 44.6 Å². The lowest BCUT2D eigenvalue weighted by Crippen LogP contribution is -2.49. The van der Waals surface area contributed by atoms with Crippen LogP contribution in [-0.2, 0) is 0 Å². The van der Waals surface area contributed by atoms with Crippen LogP contribution in [0.15, 0.2) is 55.0 Å². The predicted molar refractivity (Wildman–Crippen MR) is 157 cm³/mol. The zero-order valence-corrected chi connectivity index (χ0v) is 22.7. The summed E-state index contributed by atoms with van der Waals surface area (Å²) in [6.45, 7) is 6.53. The van der Waals surface area contributed by atoms with Gasteiger partial charge in [-0.15, -0.1) is 0 Å². The van der Waals surface area contributed by atoms with Crippen LogP contribution in [0.2, 0.25) is 0 Å². The van der Waals surface area contributed by atoms with Gasteiger partial charge in [-0.1, -0.05) is 26.0 Å². The number of carbonyl (C=O) groups is 1. The molecule has 1 saturated carbocycles. The molecule has 4 aromatic heterocycles. The third-order valence-corrected chi connectivity index (χ3v) is 8.35. The zero-order chi connectivity index (χ0) is 27.4. The molecule has 1 atom stereocenters. The Morgan fingerprint density at radius 2 is 1.90 bits per heavy atom. The number of primary amides is 1. The van der Waals surface area contributed by atoms with E-state index >= 15 is 0 Å². The van der Waals surface area contributed by atoms with Crippen LogP contribution in [0.3, 0.4) is 0 Å². The van der Waals surface area contributed by atoms with E-state index in [0.717, 1.165) is 64.1 Å². The van der Waals surface area contributed by atoms with E-state index in [1.165, 1.54) is 18.4 Å². The number of hydrogen-bond acceptors (Lipinski definition) is 7. The smallest absolute Gasteiger partial charge is 0.248 e. The number of rotatable bonds is 6. The first-order valence-corrected chi connectivity index (χ1v) is 13.9. The summed E-state index contributed by atoms with van der Waals surface area (Å²) >= 11 is 0. The quantitative estimate of drug-likeness (QED) is 0.241. The van der Waals surface area contributed by atoms with Crippen molar-refractivity contribution in [2.75, 3.05) is 18.4 Å². The average molecular weight is 533 g/mol. The minimum atomic E-state index is -0.447. The molecular weight excluding hydrogens is 500 g/mol. The molecule has 40 heavy (non-hydrogen) atoms. The number of nitrogens with zero attached hydrogens (tertiary/aromatic N) is 4. The Bertz CT molecular complexity index is 1750. The highest BCUT2D eigenvalue weighted by Gasteiger charge is 2.34. The molecule has 7 rings (SSSR count). The van der Waals surface area contributed by atoms with Crippen LogP contribution in [0, 0.1) is 5.41 Å². The van der Waals surface area contributed by atoms with Crippen LogP contribution in [-0.4, -0.2) is 50.0 Å². The molecular formula is C31H32N8O. The Morgan fingerprint density at radius 1 is 1.07 bits per heavy atom. The van der Waals surface area contributed by atoms with E-state index in [0.29, 0.717) is 17.3 Å². The van der Waals surface area contributed by atoms with E-state index in [-0.39, 0.29) is 11.5 Å². The fraction of sp³-hybridized carbons (Fsp3) is 0.323. The highest BCUT2D eigenvalue weighted by atomic mass is 16.1. The Hall–Kier alpha value is -4.37. The number of anilines is 1. The van der Waals surface area contributed by atoms with E-state index < -0.39 is 5.91 Å². The van der Waals surface area contributed by atoms with Crippen molar-refractivity contribution in [1.82, 2.24) is 30.2 Å². The molecule has 5 N–H and O–H groups in total. The van der Waals surface area contributed by atoms with Crippen LogP contribution in [0.1, 0.15) is 54.9 Å². The third-order valence-electron chi connectivity index (χ3n) is 8.35. The maximum atomic E-state index is 11.5. The third kappa shape index (κ3) is 4.36. The number of hydrogen-bond donors (Lipinski definition) is 4. The minimum Gasteiger partial charge on any atom is -0.366 e. The van der Waals surface area contributed by atoms with Gasteiger partial charge in [0.15, 0.2) is 5.82 Å². The first kappa shape index (κ1) is 24.7. The Morgan fingerprint density at radius 3 is 2.65 bits per heavy atom. The van der Waals surface area contributed by atoms with Gasteiger partial charge in [-0.2, -0.15) is 0 Å². The van der Waals surface area contributed by atoms with Crippen LogP contribution < -0.4 is 16.4 Å². The zero-order valence-electron chi connectivity index (χ0n) is 22.7. The molecule has 1 aromatic carbocycles. The number of aromatic nitrogens is 5. The molecule has 5 heterocycles. The molecule has 9 heteroatoms. The van der Waals surface area contributed by atoms with E-state index in [1.54, 1.807) is 18.3 Å². The fourth-order valence-corrected chi connectivity index (χ4v) is 5.83. The number of piperidine rings is 1. The van der Waals surface area contributed by atoms with Gasteiger partial charge in [0.1, 0.15) is 11.5 Å². The second kappa shape index (κ2) is 9.38. The monoisotopic (exact) mass is 532 g/mol. The maximum absolute atomic E-state index is 11.5. The topological polar surface area (TPSA) is 134 Å². The average Bonchev–Trinajstić information content (AvgIpc) is 3.71. The maximum Gasteiger partial charge on any atom is 0.248 e. The molecule has 2 aliphatic rings.